The maximum atomic E-state index is 13.7. The fourth-order valence-corrected chi connectivity index (χ4v) is 6.91. The molecule has 1 saturated heterocycles. The highest BCUT2D eigenvalue weighted by molar-refractivity contribution is 8.25. The number of aryl methyl sites for hydroxylation is 1. The third kappa shape index (κ3) is 8.89. The summed E-state index contributed by atoms with van der Waals surface area (Å²) in [4.78, 5) is 13.7. The van der Waals surface area contributed by atoms with Crippen molar-refractivity contribution in [3.8, 4) is 0 Å². The molecule has 0 saturated carbocycles. The first-order chi connectivity index (χ1) is 20.9. The van der Waals surface area contributed by atoms with Crippen molar-refractivity contribution >= 4 is 28.1 Å². The number of rotatable bonds is 12. The highest BCUT2D eigenvalue weighted by Gasteiger charge is 2.31. The molecule has 8 nitrogen and oxygen atoms in total. The molecule has 3 aromatic carbocycles. The zero-order chi connectivity index (χ0) is 31.9. The fourth-order valence-electron chi connectivity index (χ4n) is 5.24. The van der Waals surface area contributed by atoms with Gasteiger partial charge in [0.1, 0.15) is 0 Å². The van der Waals surface area contributed by atoms with Crippen LogP contribution in [0.3, 0.4) is 0 Å². The van der Waals surface area contributed by atoms with E-state index in [0.717, 1.165) is 24.1 Å². The van der Waals surface area contributed by atoms with Gasteiger partial charge < -0.3 is 21.1 Å². The number of amides is 1. The lowest BCUT2D eigenvalue weighted by Gasteiger charge is -2.47. The number of hydrogen-bond donors (Lipinski definition) is 6. The molecule has 1 aliphatic rings. The molecule has 1 heterocycles. The molecule has 0 aromatic heterocycles. The van der Waals surface area contributed by atoms with Crippen molar-refractivity contribution < 1.29 is 32.2 Å². The number of alkyl halides is 3. The SMILES string of the molecule is CCNc1cc(C(=O)NC(Cc2ccccc2)C(O)CNCc2cc(C(F)(F)F)ccc2C)cc(N2CCCCS2(O)O)c1. The molecule has 2 atom stereocenters. The van der Waals surface area contributed by atoms with Gasteiger partial charge in [-0.1, -0.05) is 36.4 Å². The van der Waals surface area contributed by atoms with Gasteiger partial charge in [0, 0.05) is 37.4 Å². The lowest BCUT2D eigenvalue weighted by Crippen LogP contribution is -2.48. The number of anilines is 2. The zero-order valence-corrected chi connectivity index (χ0v) is 25.7. The smallest absolute Gasteiger partial charge is 0.390 e. The van der Waals surface area contributed by atoms with E-state index in [1.807, 2.05) is 37.3 Å². The predicted octanol–water partition coefficient (Wildman–Crippen LogP) is 6.20. The van der Waals surface area contributed by atoms with Crippen LogP contribution in [-0.4, -0.2) is 57.7 Å². The molecule has 0 bridgehead atoms. The molecule has 3 aromatic rings. The van der Waals surface area contributed by atoms with Crippen LogP contribution in [0.2, 0.25) is 0 Å². The summed E-state index contributed by atoms with van der Waals surface area (Å²) in [5.74, 6) is -0.189. The summed E-state index contributed by atoms with van der Waals surface area (Å²) in [6, 6.07) is 17.3. The average Bonchev–Trinajstić information content (AvgIpc) is 2.97. The summed E-state index contributed by atoms with van der Waals surface area (Å²) in [5.41, 5.74) is 2.76. The second kappa shape index (κ2) is 14.7. The number of hydrogen-bond acceptors (Lipinski definition) is 7. The zero-order valence-electron chi connectivity index (χ0n) is 24.9. The highest BCUT2D eigenvalue weighted by Crippen LogP contribution is 2.50. The normalized spacial score (nSPS) is 17.0. The van der Waals surface area contributed by atoms with E-state index in [1.54, 1.807) is 29.4 Å². The first-order valence-electron chi connectivity index (χ1n) is 14.7. The van der Waals surface area contributed by atoms with Gasteiger partial charge in [0.25, 0.3) is 5.91 Å². The second-order valence-corrected chi connectivity index (χ2v) is 13.2. The predicted molar refractivity (Wildman–Crippen MR) is 170 cm³/mol. The van der Waals surface area contributed by atoms with Crippen LogP contribution in [0.15, 0.2) is 66.7 Å². The number of carbonyl (C=O) groups is 1. The number of nitrogens with zero attached hydrogens (tertiary/aromatic N) is 1. The molecule has 240 valence electrons. The first-order valence-corrected chi connectivity index (χ1v) is 16.4. The Kier molecular flexibility index (Phi) is 11.2. The summed E-state index contributed by atoms with van der Waals surface area (Å²) < 4.78 is 62.7. The molecule has 44 heavy (non-hydrogen) atoms. The van der Waals surface area contributed by atoms with Crippen molar-refractivity contribution in [3.05, 3.63) is 94.5 Å². The van der Waals surface area contributed by atoms with E-state index in [4.69, 9.17) is 0 Å². The van der Waals surface area contributed by atoms with E-state index in [1.165, 1.54) is 6.07 Å². The van der Waals surface area contributed by atoms with E-state index < -0.39 is 40.6 Å². The highest BCUT2D eigenvalue weighted by atomic mass is 32.3. The standard InChI is InChI=1S/C32H41F3N4O4S/c1-3-37-27-17-24(18-28(19-27)39-13-7-8-14-44(39,42)43)31(41)38-29(15-23-9-5-4-6-10-23)30(40)21-36-20-25-16-26(32(33,34)35)12-11-22(25)2/h4-6,9-12,16-19,29-30,36-37,40,42-43H,3,7-8,13-15,20-21H2,1-2H3,(H,38,41). The Morgan fingerprint density at radius 2 is 1.80 bits per heavy atom. The average molecular weight is 635 g/mol. The minimum absolute atomic E-state index is 0.0187. The van der Waals surface area contributed by atoms with Gasteiger partial charge in [-0.2, -0.15) is 13.2 Å². The lowest BCUT2D eigenvalue weighted by atomic mass is 10.00. The number of aliphatic hydroxyl groups excluding tert-OH is 1. The van der Waals surface area contributed by atoms with Crippen LogP contribution in [0.1, 0.15) is 52.4 Å². The topological polar surface area (TPSA) is 117 Å². The largest absolute Gasteiger partial charge is 0.416 e. The monoisotopic (exact) mass is 634 g/mol. The van der Waals surface area contributed by atoms with Crippen LogP contribution in [-0.2, 0) is 19.1 Å². The van der Waals surface area contributed by atoms with Gasteiger partial charge in [-0.05, 0) is 80.1 Å². The molecule has 4 rings (SSSR count). The van der Waals surface area contributed by atoms with Gasteiger partial charge in [-0.3, -0.25) is 18.2 Å². The number of nitrogens with one attached hydrogen (secondary N) is 3. The van der Waals surface area contributed by atoms with Crippen molar-refractivity contribution in [1.82, 2.24) is 10.6 Å². The van der Waals surface area contributed by atoms with Gasteiger partial charge in [-0.15, -0.1) is 10.8 Å². The van der Waals surface area contributed by atoms with Crippen LogP contribution in [0.4, 0.5) is 24.5 Å². The van der Waals surface area contributed by atoms with Crippen LogP contribution < -0.4 is 20.3 Å². The molecule has 1 amide bonds. The van der Waals surface area contributed by atoms with Crippen LogP contribution >= 0.6 is 10.8 Å². The van der Waals surface area contributed by atoms with E-state index in [2.05, 4.69) is 16.0 Å². The van der Waals surface area contributed by atoms with Crippen molar-refractivity contribution in [1.29, 1.82) is 0 Å². The van der Waals surface area contributed by atoms with Gasteiger partial charge >= 0.3 is 6.18 Å². The molecule has 0 spiro atoms. The molecule has 0 radical (unpaired) electrons. The maximum absolute atomic E-state index is 13.7. The molecule has 2 unspecified atom stereocenters. The molecule has 6 N–H and O–H groups in total. The van der Waals surface area contributed by atoms with Gasteiger partial charge in [0.15, 0.2) is 0 Å². The number of benzene rings is 3. The summed E-state index contributed by atoms with van der Waals surface area (Å²) >= 11 is 0. The van der Waals surface area contributed by atoms with Crippen molar-refractivity contribution in [2.75, 3.05) is 35.0 Å². The van der Waals surface area contributed by atoms with Crippen LogP contribution in [0.5, 0.6) is 0 Å². The Morgan fingerprint density at radius 3 is 2.48 bits per heavy atom. The van der Waals surface area contributed by atoms with E-state index in [0.29, 0.717) is 48.4 Å². The summed E-state index contributed by atoms with van der Waals surface area (Å²) in [7, 11) is -3.01. The molecule has 12 heteroatoms. The fraction of sp³-hybridized carbons (Fsp3) is 0.406. The second-order valence-electron chi connectivity index (χ2n) is 11.1. The molecule has 0 aliphatic carbocycles. The lowest BCUT2D eigenvalue weighted by molar-refractivity contribution is -0.137. The summed E-state index contributed by atoms with van der Waals surface area (Å²) in [5, 5.41) is 20.4. The molecule has 1 fully saturated rings. The van der Waals surface area contributed by atoms with Crippen molar-refractivity contribution in [3.63, 3.8) is 0 Å². The summed E-state index contributed by atoms with van der Waals surface area (Å²) in [6.45, 7) is 4.81. The van der Waals surface area contributed by atoms with Crippen LogP contribution in [0, 0.1) is 6.92 Å². The molecular formula is C32H41F3N4O4S. The van der Waals surface area contributed by atoms with Gasteiger partial charge in [-0.25, -0.2) is 0 Å². The third-order valence-electron chi connectivity index (χ3n) is 7.66. The van der Waals surface area contributed by atoms with E-state index in [-0.39, 0.29) is 24.4 Å². The maximum Gasteiger partial charge on any atom is 0.416 e. The Balaban J connectivity index is 1.53. The molecular weight excluding hydrogens is 593 g/mol. The Hall–Kier alpha value is -3.29. The summed E-state index contributed by atoms with van der Waals surface area (Å²) in [6.07, 6.45) is -3.72. The van der Waals surface area contributed by atoms with Crippen molar-refractivity contribution in [2.24, 2.45) is 0 Å². The number of carbonyl (C=O) groups excluding carboxylic acids is 1. The first kappa shape index (κ1) is 33.6. The number of halogens is 3. The van der Waals surface area contributed by atoms with E-state index in [9.17, 15) is 32.2 Å². The molecule has 1 aliphatic heterocycles. The minimum Gasteiger partial charge on any atom is -0.390 e. The van der Waals surface area contributed by atoms with Gasteiger partial charge in [0.05, 0.1) is 29.1 Å². The van der Waals surface area contributed by atoms with Gasteiger partial charge in [0.2, 0.25) is 0 Å². The Morgan fingerprint density at radius 1 is 1.05 bits per heavy atom. The van der Waals surface area contributed by atoms with Crippen molar-refractivity contribution in [2.45, 2.75) is 58.0 Å². The minimum atomic E-state index is -4.46. The Labute approximate surface area is 258 Å². The van der Waals surface area contributed by atoms with Crippen LogP contribution in [0.25, 0.3) is 0 Å². The number of aliphatic hydroxyl groups is 1. The van der Waals surface area contributed by atoms with E-state index >= 15 is 0 Å². The quantitative estimate of drug-likeness (QED) is 0.140. The Bertz CT molecular complexity index is 1410. The third-order valence-corrected chi connectivity index (χ3v) is 9.59.